The minimum absolute atomic E-state index is 0.199. The van der Waals surface area contributed by atoms with E-state index in [0.29, 0.717) is 18.6 Å². The van der Waals surface area contributed by atoms with Crippen LogP contribution < -0.4 is 16.6 Å². The molecule has 3 unspecified atom stereocenters. The summed E-state index contributed by atoms with van der Waals surface area (Å²) in [6.07, 6.45) is 7.05. The summed E-state index contributed by atoms with van der Waals surface area (Å²) in [5.41, 5.74) is 2.65. The van der Waals surface area contributed by atoms with E-state index in [1.165, 1.54) is 12.8 Å². The van der Waals surface area contributed by atoms with Crippen molar-refractivity contribution in [2.24, 2.45) is 10.8 Å². The van der Waals surface area contributed by atoms with E-state index in [0.717, 1.165) is 18.1 Å². The summed E-state index contributed by atoms with van der Waals surface area (Å²) in [5, 5.41) is 3.97. The Morgan fingerprint density at radius 2 is 2.33 bits per heavy atom. The third-order valence-electron chi connectivity index (χ3n) is 3.18. The minimum Gasteiger partial charge on any atom is -0.383 e. The van der Waals surface area contributed by atoms with Gasteiger partial charge in [0.05, 0.1) is 12.6 Å². The maximum Gasteiger partial charge on any atom is 0.206 e. The van der Waals surface area contributed by atoms with Crippen molar-refractivity contribution < 1.29 is 4.74 Å². The number of nitrogens with zero attached hydrogens (tertiary/aromatic N) is 1. The summed E-state index contributed by atoms with van der Waals surface area (Å²) in [6.45, 7) is 2.68. The number of nitrogens with one attached hydrogen (secondary N) is 2. The number of aliphatic imine (C=N–C) groups is 1. The third kappa shape index (κ3) is 5.46. The molecular weight excluding hydrogens is 248 g/mol. The monoisotopic (exact) mass is 274 g/mol. The summed E-state index contributed by atoms with van der Waals surface area (Å²) in [7, 11) is 1.69. The Balaban J connectivity index is 2.49. The van der Waals surface area contributed by atoms with Gasteiger partial charge in [0.25, 0.3) is 0 Å². The maximum atomic E-state index is 5.51. The lowest BCUT2D eigenvalue weighted by Crippen LogP contribution is -2.47. The molecule has 0 aromatic rings. The molecule has 0 aliphatic heterocycles. The van der Waals surface area contributed by atoms with Crippen molar-refractivity contribution in [1.29, 1.82) is 0 Å². The first-order valence-electron chi connectivity index (χ1n) is 6.52. The zero-order valence-electron chi connectivity index (χ0n) is 11.6. The number of hydrazine groups is 1. The molecule has 0 saturated heterocycles. The van der Waals surface area contributed by atoms with Gasteiger partial charge in [-0.15, -0.1) is 0 Å². The van der Waals surface area contributed by atoms with E-state index < -0.39 is 0 Å². The summed E-state index contributed by atoms with van der Waals surface area (Å²) < 4.78 is 5.08. The summed E-state index contributed by atoms with van der Waals surface area (Å²) in [4.78, 5) is 4.67. The van der Waals surface area contributed by atoms with Crippen LogP contribution in [0.2, 0.25) is 0 Å². The maximum absolute atomic E-state index is 5.51. The predicted octanol–water partition coefficient (Wildman–Crippen LogP) is 1.10. The van der Waals surface area contributed by atoms with Crippen LogP contribution in [0.3, 0.4) is 0 Å². The first kappa shape index (κ1) is 15.6. The van der Waals surface area contributed by atoms with E-state index in [-0.39, 0.29) is 6.04 Å². The van der Waals surface area contributed by atoms with Crippen LogP contribution in [-0.4, -0.2) is 43.3 Å². The van der Waals surface area contributed by atoms with Gasteiger partial charge in [0.2, 0.25) is 5.96 Å². The highest BCUT2D eigenvalue weighted by molar-refractivity contribution is 7.99. The van der Waals surface area contributed by atoms with Gasteiger partial charge in [-0.05, 0) is 32.4 Å². The van der Waals surface area contributed by atoms with Crippen molar-refractivity contribution in [2.45, 2.75) is 49.9 Å². The number of rotatable bonds is 5. The number of thioether (sulfide) groups is 1. The van der Waals surface area contributed by atoms with Gasteiger partial charge in [0, 0.05) is 18.4 Å². The molecule has 0 aromatic carbocycles. The first-order chi connectivity index (χ1) is 8.69. The van der Waals surface area contributed by atoms with Crippen molar-refractivity contribution >= 4 is 17.7 Å². The largest absolute Gasteiger partial charge is 0.383 e. The first-order valence-corrected chi connectivity index (χ1v) is 7.81. The standard InChI is InChI=1S/C12H26N4OS/c1-9(8-17-2)14-12(16-13)15-10-5-4-6-11(7-10)18-3/h9-11H,4-8,13H2,1-3H3,(H2,14,15,16). The highest BCUT2D eigenvalue weighted by Crippen LogP contribution is 2.28. The molecular formula is C12H26N4OS. The Kier molecular flexibility index (Phi) is 7.46. The van der Waals surface area contributed by atoms with Crippen LogP contribution >= 0.6 is 11.8 Å². The molecule has 1 aliphatic rings. The lowest BCUT2D eigenvalue weighted by molar-refractivity contribution is 0.179. The molecule has 0 spiro atoms. The molecule has 4 N–H and O–H groups in total. The predicted molar refractivity (Wildman–Crippen MR) is 78.8 cm³/mol. The average Bonchev–Trinajstić information content (AvgIpc) is 2.38. The molecule has 0 aromatic heterocycles. The van der Waals surface area contributed by atoms with Gasteiger partial charge in [-0.25, -0.2) is 10.8 Å². The van der Waals surface area contributed by atoms with Crippen molar-refractivity contribution in [2.75, 3.05) is 20.0 Å². The lowest BCUT2D eigenvalue weighted by Gasteiger charge is -2.26. The van der Waals surface area contributed by atoms with E-state index in [9.17, 15) is 0 Å². The third-order valence-corrected chi connectivity index (χ3v) is 4.27. The topological polar surface area (TPSA) is 71.7 Å². The number of hydrogen-bond donors (Lipinski definition) is 3. The fourth-order valence-corrected chi connectivity index (χ4v) is 3.09. The molecule has 0 amide bonds. The van der Waals surface area contributed by atoms with Gasteiger partial charge in [-0.1, -0.05) is 6.42 Å². The highest BCUT2D eigenvalue weighted by atomic mass is 32.2. The number of guanidine groups is 1. The summed E-state index contributed by atoms with van der Waals surface area (Å²) in [5.74, 6) is 6.18. The molecule has 1 aliphatic carbocycles. The second-order valence-corrected chi connectivity index (χ2v) is 5.94. The molecule has 1 rings (SSSR count). The Hall–Kier alpha value is -0.460. The quantitative estimate of drug-likeness (QED) is 0.303. The van der Waals surface area contributed by atoms with E-state index in [1.807, 2.05) is 18.7 Å². The molecule has 0 heterocycles. The van der Waals surface area contributed by atoms with Crippen LogP contribution in [-0.2, 0) is 4.74 Å². The van der Waals surface area contributed by atoms with Crippen molar-refractivity contribution in [1.82, 2.24) is 10.7 Å². The molecule has 1 saturated carbocycles. The lowest BCUT2D eigenvalue weighted by atomic mass is 9.95. The molecule has 6 heteroatoms. The fraction of sp³-hybridized carbons (Fsp3) is 0.917. The van der Waals surface area contributed by atoms with Crippen molar-refractivity contribution in [3.05, 3.63) is 0 Å². The number of hydrogen-bond acceptors (Lipinski definition) is 4. The second-order valence-electron chi connectivity index (χ2n) is 4.80. The average molecular weight is 274 g/mol. The number of methoxy groups -OCH3 is 1. The number of nitrogens with two attached hydrogens (primary N) is 1. The zero-order chi connectivity index (χ0) is 13.4. The van der Waals surface area contributed by atoms with Gasteiger partial charge in [0.1, 0.15) is 0 Å². The van der Waals surface area contributed by atoms with Gasteiger partial charge in [0.15, 0.2) is 0 Å². The van der Waals surface area contributed by atoms with Gasteiger partial charge in [-0.3, -0.25) is 5.43 Å². The van der Waals surface area contributed by atoms with Gasteiger partial charge < -0.3 is 10.1 Å². The fourth-order valence-electron chi connectivity index (χ4n) is 2.28. The van der Waals surface area contributed by atoms with Crippen molar-refractivity contribution in [3.8, 4) is 0 Å². The molecule has 0 radical (unpaired) electrons. The minimum atomic E-state index is 0.199. The highest BCUT2D eigenvalue weighted by Gasteiger charge is 2.21. The Morgan fingerprint density at radius 1 is 1.56 bits per heavy atom. The van der Waals surface area contributed by atoms with Crippen LogP contribution in [0.1, 0.15) is 32.6 Å². The van der Waals surface area contributed by atoms with Gasteiger partial charge >= 0.3 is 0 Å². The smallest absolute Gasteiger partial charge is 0.206 e. The molecule has 3 atom stereocenters. The molecule has 18 heavy (non-hydrogen) atoms. The molecule has 5 nitrogen and oxygen atoms in total. The van der Waals surface area contributed by atoms with Crippen LogP contribution in [0.25, 0.3) is 0 Å². The van der Waals surface area contributed by atoms with E-state index in [1.54, 1.807) is 7.11 Å². The molecule has 1 fully saturated rings. The normalized spacial score (nSPS) is 26.8. The SMILES string of the molecule is COCC(C)NC(=NC1CCCC(SC)C1)NN. The Morgan fingerprint density at radius 3 is 2.94 bits per heavy atom. The van der Waals surface area contributed by atoms with E-state index >= 15 is 0 Å². The second kappa shape index (κ2) is 8.61. The van der Waals surface area contributed by atoms with Crippen LogP contribution in [0, 0.1) is 0 Å². The summed E-state index contributed by atoms with van der Waals surface area (Å²) in [6, 6.07) is 0.578. The molecule has 106 valence electrons. The van der Waals surface area contributed by atoms with Crippen LogP contribution in [0.15, 0.2) is 4.99 Å². The van der Waals surface area contributed by atoms with E-state index in [2.05, 4.69) is 22.0 Å². The van der Waals surface area contributed by atoms with E-state index in [4.69, 9.17) is 10.6 Å². The van der Waals surface area contributed by atoms with Crippen molar-refractivity contribution in [3.63, 3.8) is 0 Å². The van der Waals surface area contributed by atoms with Crippen LogP contribution in [0.5, 0.6) is 0 Å². The Bertz CT molecular complexity index is 262. The zero-order valence-corrected chi connectivity index (χ0v) is 12.4. The molecule has 0 bridgehead atoms. The Labute approximate surface area is 114 Å². The number of ether oxygens (including phenoxy) is 1. The van der Waals surface area contributed by atoms with Crippen LogP contribution in [0.4, 0.5) is 0 Å². The summed E-state index contributed by atoms with van der Waals surface area (Å²) >= 11 is 1.94. The van der Waals surface area contributed by atoms with Gasteiger partial charge in [-0.2, -0.15) is 11.8 Å².